The summed E-state index contributed by atoms with van der Waals surface area (Å²) in [5, 5.41) is 10.8. The number of thiazole rings is 1. The first-order valence-electron chi connectivity index (χ1n) is 8.45. The molecule has 2 heterocycles. The van der Waals surface area contributed by atoms with Crippen molar-refractivity contribution in [3.8, 4) is 0 Å². The Bertz CT molecular complexity index is 741. The summed E-state index contributed by atoms with van der Waals surface area (Å²) in [5.74, 6) is -0.977. The van der Waals surface area contributed by atoms with Crippen molar-refractivity contribution in [1.82, 2.24) is 9.88 Å². The minimum absolute atomic E-state index is 0.0581. The second-order valence-corrected chi connectivity index (χ2v) is 7.85. The lowest BCUT2D eigenvalue weighted by atomic mass is 9.86. The van der Waals surface area contributed by atoms with E-state index in [-0.39, 0.29) is 11.8 Å². The van der Waals surface area contributed by atoms with Crippen molar-refractivity contribution in [1.29, 1.82) is 0 Å². The number of carboxylic acid groups (broad SMARTS) is 1. The maximum absolute atomic E-state index is 11.8. The van der Waals surface area contributed by atoms with E-state index in [0.717, 1.165) is 30.2 Å². The molecular weight excluding hydrogens is 320 g/mol. The quantitative estimate of drug-likeness (QED) is 0.900. The number of benzene rings is 1. The van der Waals surface area contributed by atoms with Crippen LogP contribution in [0.15, 0.2) is 24.3 Å². The lowest BCUT2D eigenvalue weighted by Gasteiger charge is -2.18. The van der Waals surface area contributed by atoms with E-state index in [1.165, 1.54) is 16.0 Å². The van der Waals surface area contributed by atoms with E-state index < -0.39 is 5.97 Å². The van der Waals surface area contributed by atoms with Crippen molar-refractivity contribution >= 4 is 17.3 Å². The normalized spacial score (nSPS) is 21.3. The Kier molecular flexibility index (Phi) is 5.01. The van der Waals surface area contributed by atoms with E-state index in [4.69, 9.17) is 0 Å². The molecule has 0 amide bonds. The average molecular weight is 344 g/mol. The molecule has 1 N–H and O–H groups in total. The molecule has 0 spiro atoms. The fourth-order valence-electron chi connectivity index (χ4n) is 3.70. The summed E-state index contributed by atoms with van der Waals surface area (Å²) in [5.41, 5.74) is 3.51. The van der Waals surface area contributed by atoms with Crippen molar-refractivity contribution in [3.05, 3.63) is 51.0 Å². The SMILES string of the molecule is CCc1nc(C)sc1CN1C[C@H](C(=O)O)[C@@H](c2ccccc2C)C1. The minimum atomic E-state index is -0.693. The molecule has 1 aliphatic heterocycles. The number of nitrogens with zero attached hydrogens (tertiary/aromatic N) is 2. The number of carboxylic acids is 1. The van der Waals surface area contributed by atoms with Crippen molar-refractivity contribution in [2.45, 2.75) is 39.7 Å². The summed E-state index contributed by atoms with van der Waals surface area (Å²) in [6.45, 7) is 8.43. The fourth-order valence-corrected chi connectivity index (χ4v) is 4.77. The van der Waals surface area contributed by atoms with Gasteiger partial charge in [-0.25, -0.2) is 4.98 Å². The van der Waals surface area contributed by atoms with Gasteiger partial charge in [0.2, 0.25) is 0 Å². The molecule has 128 valence electrons. The van der Waals surface area contributed by atoms with Gasteiger partial charge in [-0.3, -0.25) is 9.69 Å². The van der Waals surface area contributed by atoms with Crippen LogP contribution in [-0.2, 0) is 17.8 Å². The number of aliphatic carboxylic acids is 1. The number of likely N-dealkylation sites (tertiary alicyclic amines) is 1. The summed E-state index contributed by atoms with van der Waals surface area (Å²) in [6.07, 6.45) is 0.928. The van der Waals surface area contributed by atoms with Crippen LogP contribution in [0.2, 0.25) is 0 Å². The summed E-state index contributed by atoms with van der Waals surface area (Å²) in [6, 6.07) is 8.16. The Morgan fingerprint density at radius 3 is 2.75 bits per heavy atom. The van der Waals surface area contributed by atoms with Gasteiger partial charge in [-0.15, -0.1) is 11.3 Å². The van der Waals surface area contributed by atoms with E-state index >= 15 is 0 Å². The number of rotatable bonds is 5. The van der Waals surface area contributed by atoms with Gasteiger partial charge in [0.05, 0.1) is 16.6 Å². The molecule has 24 heavy (non-hydrogen) atoms. The average Bonchev–Trinajstić information content (AvgIpc) is 3.11. The zero-order valence-corrected chi connectivity index (χ0v) is 15.3. The zero-order valence-electron chi connectivity index (χ0n) is 14.5. The van der Waals surface area contributed by atoms with E-state index in [0.29, 0.717) is 6.54 Å². The third-order valence-corrected chi connectivity index (χ3v) is 5.89. The summed E-state index contributed by atoms with van der Waals surface area (Å²) in [7, 11) is 0. The molecule has 1 aromatic carbocycles. The Hall–Kier alpha value is -1.72. The highest BCUT2D eigenvalue weighted by molar-refractivity contribution is 7.11. The number of aromatic nitrogens is 1. The van der Waals surface area contributed by atoms with Gasteiger partial charge in [-0.2, -0.15) is 0 Å². The molecule has 1 fully saturated rings. The molecule has 3 rings (SSSR count). The third-order valence-electron chi connectivity index (χ3n) is 4.89. The van der Waals surface area contributed by atoms with Crippen molar-refractivity contribution in [2.24, 2.45) is 5.92 Å². The first-order valence-corrected chi connectivity index (χ1v) is 9.27. The molecule has 2 atom stereocenters. The highest BCUT2D eigenvalue weighted by Gasteiger charge is 2.39. The largest absolute Gasteiger partial charge is 0.481 e. The monoisotopic (exact) mass is 344 g/mol. The van der Waals surface area contributed by atoms with Gasteiger partial charge >= 0.3 is 5.97 Å². The predicted molar refractivity (Wildman–Crippen MR) is 96.6 cm³/mol. The molecule has 1 aromatic heterocycles. The Morgan fingerprint density at radius 1 is 1.33 bits per heavy atom. The van der Waals surface area contributed by atoms with Gasteiger partial charge < -0.3 is 5.11 Å². The van der Waals surface area contributed by atoms with Gasteiger partial charge in [0.25, 0.3) is 0 Å². The molecule has 4 nitrogen and oxygen atoms in total. The van der Waals surface area contributed by atoms with Crippen LogP contribution in [0, 0.1) is 19.8 Å². The highest BCUT2D eigenvalue weighted by atomic mass is 32.1. The Labute approximate surface area is 147 Å². The topological polar surface area (TPSA) is 53.4 Å². The van der Waals surface area contributed by atoms with Gasteiger partial charge in [0.1, 0.15) is 0 Å². The van der Waals surface area contributed by atoms with Gasteiger partial charge in [-0.05, 0) is 31.4 Å². The third kappa shape index (κ3) is 3.37. The molecule has 1 aliphatic rings. The highest BCUT2D eigenvalue weighted by Crippen LogP contribution is 2.36. The maximum Gasteiger partial charge on any atom is 0.308 e. The standard InChI is InChI=1S/C19H24N2O2S/c1-4-17-18(24-13(3)20-17)11-21-9-15(16(10-21)19(22)23)14-8-6-5-7-12(14)2/h5-8,15-16H,4,9-11H2,1-3H3,(H,22,23)/t15-,16+/m1/s1. The lowest BCUT2D eigenvalue weighted by Crippen LogP contribution is -2.23. The van der Waals surface area contributed by atoms with E-state index in [9.17, 15) is 9.90 Å². The van der Waals surface area contributed by atoms with Crippen LogP contribution >= 0.6 is 11.3 Å². The molecule has 0 unspecified atom stereocenters. The van der Waals surface area contributed by atoms with Crippen LogP contribution in [0.25, 0.3) is 0 Å². The van der Waals surface area contributed by atoms with Crippen molar-refractivity contribution in [2.75, 3.05) is 13.1 Å². The second-order valence-electron chi connectivity index (χ2n) is 6.56. The number of aryl methyl sites for hydroxylation is 3. The van der Waals surface area contributed by atoms with Crippen LogP contribution in [0.4, 0.5) is 0 Å². The Morgan fingerprint density at radius 2 is 2.08 bits per heavy atom. The summed E-state index contributed by atoms with van der Waals surface area (Å²) < 4.78 is 0. The van der Waals surface area contributed by atoms with Crippen LogP contribution in [-0.4, -0.2) is 34.0 Å². The van der Waals surface area contributed by atoms with Crippen LogP contribution in [0.1, 0.15) is 39.5 Å². The van der Waals surface area contributed by atoms with Gasteiger partial charge in [0, 0.05) is 30.4 Å². The van der Waals surface area contributed by atoms with Gasteiger partial charge in [-0.1, -0.05) is 31.2 Å². The summed E-state index contributed by atoms with van der Waals surface area (Å²) in [4.78, 5) is 19.9. The molecule has 5 heteroatoms. The zero-order chi connectivity index (χ0) is 17.3. The molecule has 0 bridgehead atoms. The first kappa shape index (κ1) is 17.1. The van der Waals surface area contributed by atoms with Crippen molar-refractivity contribution < 1.29 is 9.90 Å². The predicted octanol–water partition coefficient (Wildman–Crippen LogP) is 3.62. The van der Waals surface area contributed by atoms with E-state index in [1.807, 2.05) is 19.1 Å². The van der Waals surface area contributed by atoms with Crippen LogP contribution in [0.3, 0.4) is 0 Å². The minimum Gasteiger partial charge on any atom is -0.481 e. The molecular formula is C19H24N2O2S. The molecule has 0 aliphatic carbocycles. The van der Waals surface area contributed by atoms with E-state index in [2.05, 4.69) is 35.9 Å². The molecule has 0 radical (unpaired) electrons. The molecule has 0 saturated carbocycles. The maximum atomic E-state index is 11.8. The van der Waals surface area contributed by atoms with Crippen LogP contribution in [0.5, 0.6) is 0 Å². The van der Waals surface area contributed by atoms with E-state index in [1.54, 1.807) is 11.3 Å². The molecule has 2 aromatic rings. The number of hydrogen-bond donors (Lipinski definition) is 1. The fraction of sp³-hybridized carbons (Fsp3) is 0.474. The summed E-state index contributed by atoms with van der Waals surface area (Å²) >= 11 is 1.74. The first-order chi connectivity index (χ1) is 11.5. The Balaban J connectivity index is 1.83. The molecule has 1 saturated heterocycles. The smallest absolute Gasteiger partial charge is 0.308 e. The van der Waals surface area contributed by atoms with Gasteiger partial charge in [0.15, 0.2) is 0 Å². The second kappa shape index (κ2) is 7.03. The van der Waals surface area contributed by atoms with Crippen molar-refractivity contribution in [3.63, 3.8) is 0 Å². The number of hydrogen-bond acceptors (Lipinski definition) is 4. The number of carbonyl (C=O) groups is 1. The lowest BCUT2D eigenvalue weighted by molar-refractivity contribution is -0.141. The van der Waals surface area contributed by atoms with Crippen LogP contribution < -0.4 is 0 Å².